The molecule has 6 nitrogen and oxygen atoms in total. The van der Waals surface area contributed by atoms with Crippen LogP contribution in [0.1, 0.15) is 30.4 Å². The number of aryl methyl sites for hydroxylation is 1. The normalized spacial score (nSPS) is 28.4. The summed E-state index contributed by atoms with van der Waals surface area (Å²) in [6, 6.07) is 9.65. The molecule has 2 aliphatic rings. The summed E-state index contributed by atoms with van der Waals surface area (Å²) in [6.07, 6.45) is 3.37. The van der Waals surface area contributed by atoms with Crippen molar-refractivity contribution in [1.29, 1.82) is 0 Å². The lowest BCUT2D eigenvalue weighted by molar-refractivity contribution is 0.00480. The van der Waals surface area contributed by atoms with Gasteiger partial charge in [0.25, 0.3) is 0 Å². The van der Waals surface area contributed by atoms with Crippen LogP contribution in [0.25, 0.3) is 0 Å². The van der Waals surface area contributed by atoms with E-state index in [0.29, 0.717) is 24.3 Å². The number of benzene rings is 1. The van der Waals surface area contributed by atoms with Gasteiger partial charge in [0, 0.05) is 23.9 Å². The summed E-state index contributed by atoms with van der Waals surface area (Å²) in [5.74, 6) is 0.463. The molecule has 2 saturated heterocycles. The van der Waals surface area contributed by atoms with E-state index in [1.54, 1.807) is 42.6 Å². The van der Waals surface area contributed by atoms with Crippen molar-refractivity contribution in [2.24, 2.45) is 0 Å². The van der Waals surface area contributed by atoms with Crippen molar-refractivity contribution < 1.29 is 18.3 Å². The molecule has 0 spiro atoms. The Hall–Kier alpha value is -1.96. The van der Waals surface area contributed by atoms with Crippen LogP contribution in [0, 0.1) is 6.92 Å². The third-order valence-electron chi connectivity index (χ3n) is 5.58. The van der Waals surface area contributed by atoms with Crippen molar-refractivity contribution in [2.45, 2.75) is 48.8 Å². The smallest absolute Gasteiger partial charge is 0.243 e. The van der Waals surface area contributed by atoms with Crippen molar-refractivity contribution in [1.82, 2.24) is 9.29 Å². The minimum atomic E-state index is -3.65. The lowest BCUT2D eigenvalue weighted by Crippen LogP contribution is -2.43. The van der Waals surface area contributed by atoms with Crippen LogP contribution in [0.2, 0.25) is 0 Å². The maximum atomic E-state index is 13.2. The van der Waals surface area contributed by atoms with Crippen molar-refractivity contribution in [3.63, 3.8) is 0 Å². The highest BCUT2D eigenvalue weighted by atomic mass is 32.2. The molecule has 3 atom stereocenters. The van der Waals surface area contributed by atoms with Gasteiger partial charge in [-0.15, -0.1) is 0 Å². The van der Waals surface area contributed by atoms with Crippen LogP contribution in [0.15, 0.2) is 47.5 Å². The average molecular weight is 374 g/mol. The first-order valence-corrected chi connectivity index (χ1v) is 10.1. The van der Waals surface area contributed by atoms with Crippen LogP contribution in [0.5, 0.6) is 5.88 Å². The summed E-state index contributed by atoms with van der Waals surface area (Å²) in [5, 5.41) is 11.4. The molecule has 2 aromatic rings. The molecule has 0 aliphatic carbocycles. The van der Waals surface area contributed by atoms with Gasteiger partial charge < -0.3 is 9.84 Å². The van der Waals surface area contributed by atoms with E-state index in [1.165, 1.54) is 11.4 Å². The Morgan fingerprint density at radius 1 is 1.19 bits per heavy atom. The summed E-state index contributed by atoms with van der Waals surface area (Å²) in [7, 11) is -2.12. The zero-order valence-corrected chi connectivity index (χ0v) is 15.6. The molecule has 3 heterocycles. The molecule has 138 valence electrons. The van der Waals surface area contributed by atoms with Crippen LogP contribution < -0.4 is 4.74 Å². The number of pyridine rings is 1. The molecule has 0 saturated carbocycles. The fraction of sp³-hybridized carbons (Fsp3) is 0.421. The number of rotatable bonds is 4. The Labute approximate surface area is 153 Å². The van der Waals surface area contributed by atoms with Crippen LogP contribution in [0.3, 0.4) is 0 Å². The SMILES string of the molecule is COc1ccc([C@]2(O)C[C@@H]3CC[C@H]2N3S(=O)(=O)c2ccc(C)cc2)cn1. The van der Waals surface area contributed by atoms with Crippen LogP contribution in [-0.2, 0) is 15.6 Å². The Kier molecular flexibility index (Phi) is 4.06. The van der Waals surface area contributed by atoms with Gasteiger partial charge in [0.2, 0.25) is 15.9 Å². The Balaban J connectivity index is 1.70. The quantitative estimate of drug-likeness (QED) is 0.888. The van der Waals surface area contributed by atoms with Gasteiger partial charge in [-0.25, -0.2) is 13.4 Å². The van der Waals surface area contributed by atoms with Crippen molar-refractivity contribution in [3.05, 3.63) is 53.7 Å². The maximum Gasteiger partial charge on any atom is 0.243 e. The summed E-state index contributed by atoms with van der Waals surface area (Å²) < 4.78 is 33.0. The van der Waals surface area contributed by atoms with Gasteiger partial charge >= 0.3 is 0 Å². The van der Waals surface area contributed by atoms with Crippen molar-refractivity contribution >= 4 is 10.0 Å². The van der Waals surface area contributed by atoms with E-state index in [1.807, 2.05) is 6.92 Å². The highest BCUT2D eigenvalue weighted by Gasteiger charge is 2.60. The Morgan fingerprint density at radius 2 is 1.92 bits per heavy atom. The van der Waals surface area contributed by atoms with E-state index in [9.17, 15) is 13.5 Å². The predicted octanol–water partition coefficient (Wildman–Crippen LogP) is 2.21. The fourth-order valence-corrected chi connectivity index (χ4v) is 6.17. The second kappa shape index (κ2) is 6.04. The number of ether oxygens (including phenoxy) is 1. The van der Waals surface area contributed by atoms with Gasteiger partial charge in [-0.1, -0.05) is 17.7 Å². The first kappa shape index (κ1) is 17.5. The molecule has 7 heteroatoms. The minimum Gasteiger partial charge on any atom is -0.481 e. The van der Waals surface area contributed by atoms with E-state index in [2.05, 4.69) is 4.98 Å². The topological polar surface area (TPSA) is 79.7 Å². The molecule has 1 N–H and O–H groups in total. The Bertz CT molecular complexity index is 912. The van der Waals surface area contributed by atoms with Crippen molar-refractivity contribution in [3.8, 4) is 5.88 Å². The number of aliphatic hydroxyl groups is 1. The molecule has 2 aliphatic heterocycles. The first-order valence-electron chi connectivity index (χ1n) is 8.69. The summed E-state index contributed by atoms with van der Waals surface area (Å²) >= 11 is 0. The van der Waals surface area contributed by atoms with E-state index in [-0.39, 0.29) is 10.9 Å². The zero-order valence-electron chi connectivity index (χ0n) is 14.8. The van der Waals surface area contributed by atoms with Crippen LogP contribution in [-0.4, -0.2) is 42.0 Å². The number of sulfonamides is 1. The third kappa shape index (κ3) is 2.53. The maximum absolute atomic E-state index is 13.2. The van der Waals surface area contributed by atoms with Crippen LogP contribution in [0.4, 0.5) is 0 Å². The van der Waals surface area contributed by atoms with Gasteiger partial charge in [-0.2, -0.15) is 4.31 Å². The zero-order chi connectivity index (χ0) is 18.5. The molecule has 1 aromatic heterocycles. The molecule has 2 fully saturated rings. The number of fused-ring (bicyclic) bond motifs is 2. The van der Waals surface area contributed by atoms with Gasteiger partial charge in [-0.3, -0.25) is 0 Å². The monoisotopic (exact) mass is 374 g/mol. The molecule has 0 unspecified atom stereocenters. The minimum absolute atomic E-state index is 0.196. The largest absolute Gasteiger partial charge is 0.481 e. The molecular formula is C19H22N2O4S. The number of aromatic nitrogens is 1. The van der Waals surface area contributed by atoms with E-state index >= 15 is 0 Å². The van der Waals surface area contributed by atoms with E-state index < -0.39 is 21.7 Å². The number of hydrogen-bond acceptors (Lipinski definition) is 5. The lowest BCUT2D eigenvalue weighted by atomic mass is 9.80. The number of hydrogen-bond donors (Lipinski definition) is 1. The molecule has 0 amide bonds. The second-order valence-electron chi connectivity index (χ2n) is 7.11. The molecule has 0 radical (unpaired) electrons. The van der Waals surface area contributed by atoms with Gasteiger partial charge in [-0.05, 0) is 44.4 Å². The standard InChI is InChI=1S/C19H22N2O4S/c1-13-3-7-16(8-4-13)26(23,24)21-15-6-9-17(21)19(22,11-15)14-5-10-18(25-2)20-12-14/h3-5,7-8,10,12,15,17,22H,6,9,11H2,1-2H3/t15-,17+,19+/m0/s1. The predicted molar refractivity (Wildman–Crippen MR) is 96.3 cm³/mol. The molecule has 4 rings (SSSR count). The average Bonchev–Trinajstić information content (AvgIpc) is 3.19. The van der Waals surface area contributed by atoms with Crippen LogP contribution >= 0.6 is 0 Å². The highest BCUT2D eigenvalue weighted by Crippen LogP contribution is 2.51. The van der Waals surface area contributed by atoms with E-state index in [0.717, 1.165) is 12.0 Å². The van der Waals surface area contributed by atoms with E-state index in [4.69, 9.17) is 4.74 Å². The molecular weight excluding hydrogens is 352 g/mol. The van der Waals surface area contributed by atoms with Gasteiger partial charge in [0.15, 0.2) is 0 Å². The van der Waals surface area contributed by atoms with Gasteiger partial charge in [0.05, 0.1) is 18.0 Å². The van der Waals surface area contributed by atoms with Crippen molar-refractivity contribution in [2.75, 3.05) is 7.11 Å². The second-order valence-corrected chi connectivity index (χ2v) is 8.96. The van der Waals surface area contributed by atoms with Gasteiger partial charge in [0.1, 0.15) is 5.60 Å². The third-order valence-corrected chi connectivity index (χ3v) is 7.56. The summed E-state index contributed by atoms with van der Waals surface area (Å²) in [5.41, 5.74) is 0.420. The lowest BCUT2D eigenvalue weighted by Gasteiger charge is -2.32. The Morgan fingerprint density at radius 3 is 2.54 bits per heavy atom. The molecule has 26 heavy (non-hydrogen) atoms. The molecule has 1 aromatic carbocycles. The number of methoxy groups -OCH3 is 1. The summed E-state index contributed by atoms with van der Waals surface area (Å²) in [4.78, 5) is 4.45. The fourth-order valence-electron chi connectivity index (χ4n) is 4.26. The number of nitrogens with zero attached hydrogens (tertiary/aromatic N) is 2. The highest BCUT2D eigenvalue weighted by molar-refractivity contribution is 7.89. The summed E-state index contributed by atoms with van der Waals surface area (Å²) in [6.45, 7) is 1.92. The first-order chi connectivity index (χ1) is 12.4. The molecule has 2 bridgehead atoms.